The predicted octanol–water partition coefficient (Wildman–Crippen LogP) is 2.23. The fourth-order valence-electron chi connectivity index (χ4n) is 1.66. The molecule has 0 heterocycles. The van der Waals surface area contributed by atoms with Gasteiger partial charge in [-0.1, -0.05) is 22.0 Å². The van der Waals surface area contributed by atoms with Gasteiger partial charge in [0.1, 0.15) is 5.75 Å². The molecule has 0 aliphatic carbocycles. The number of ether oxygens (including phenoxy) is 1. The number of rotatable bonds is 6. The molecule has 0 fully saturated rings. The van der Waals surface area contributed by atoms with Gasteiger partial charge in [-0.05, 0) is 25.5 Å². The maximum absolute atomic E-state index is 12.1. The van der Waals surface area contributed by atoms with E-state index in [2.05, 4.69) is 21.2 Å². The Kier molecular flexibility index (Phi) is 6.15. The van der Waals surface area contributed by atoms with Crippen molar-refractivity contribution in [3.63, 3.8) is 0 Å². The summed E-state index contributed by atoms with van der Waals surface area (Å²) in [4.78, 5) is 12.1. The Bertz CT molecular complexity index is 403. The highest BCUT2D eigenvalue weighted by Gasteiger charge is 2.15. The monoisotopic (exact) mass is 315 g/mol. The van der Waals surface area contributed by atoms with E-state index in [0.717, 1.165) is 11.8 Å². The lowest BCUT2D eigenvalue weighted by molar-refractivity contribution is 0.0894. The Morgan fingerprint density at radius 3 is 2.89 bits per heavy atom. The van der Waals surface area contributed by atoms with Crippen molar-refractivity contribution in [3.8, 4) is 5.75 Å². The fraction of sp³-hybridized carbons (Fsp3) is 0.462. The van der Waals surface area contributed by atoms with Crippen LogP contribution < -0.4 is 5.32 Å². The van der Waals surface area contributed by atoms with Gasteiger partial charge >= 0.3 is 0 Å². The zero-order valence-electron chi connectivity index (χ0n) is 10.6. The minimum absolute atomic E-state index is 0.0383. The highest BCUT2D eigenvalue weighted by molar-refractivity contribution is 9.09. The van der Waals surface area contributed by atoms with Crippen LogP contribution in [0.2, 0.25) is 0 Å². The second kappa shape index (κ2) is 7.38. The van der Waals surface area contributed by atoms with Crippen LogP contribution >= 0.6 is 15.9 Å². The van der Waals surface area contributed by atoms with Crippen LogP contribution in [0.5, 0.6) is 5.75 Å². The lowest BCUT2D eigenvalue weighted by Crippen LogP contribution is -2.38. The molecule has 1 aromatic rings. The summed E-state index contributed by atoms with van der Waals surface area (Å²) < 4.78 is 5.06. The zero-order valence-corrected chi connectivity index (χ0v) is 12.2. The number of carbonyl (C=O) groups is 1. The van der Waals surface area contributed by atoms with E-state index in [-0.39, 0.29) is 17.7 Å². The standard InChI is InChI=1S/C13H18BrNO3/c1-9-11(4-3-5-12(9)16)13(17)15-10(6-7-14)8-18-2/h3-5,10,16H,6-8H2,1-2H3,(H,15,17). The molecule has 1 unspecified atom stereocenters. The van der Waals surface area contributed by atoms with Crippen molar-refractivity contribution in [2.75, 3.05) is 19.0 Å². The molecule has 1 atom stereocenters. The van der Waals surface area contributed by atoms with Gasteiger partial charge in [0.2, 0.25) is 0 Å². The molecule has 1 aromatic carbocycles. The topological polar surface area (TPSA) is 58.6 Å². The molecule has 0 bridgehead atoms. The van der Waals surface area contributed by atoms with E-state index in [0.29, 0.717) is 17.7 Å². The average Bonchev–Trinajstić information content (AvgIpc) is 2.33. The molecular weight excluding hydrogens is 298 g/mol. The number of carbonyl (C=O) groups excluding carboxylic acids is 1. The Hall–Kier alpha value is -1.07. The van der Waals surface area contributed by atoms with Crippen molar-refractivity contribution < 1.29 is 14.6 Å². The second-order valence-corrected chi connectivity index (χ2v) is 4.85. The number of aromatic hydroxyl groups is 1. The van der Waals surface area contributed by atoms with Gasteiger partial charge in [0.05, 0.1) is 12.6 Å². The smallest absolute Gasteiger partial charge is 0.251 e. The second-order valence-electron chi connectivity index (χ2n) is 4.05. The van der Waals surface area contributed by atoms with E-state index < -0.39 is 0 Å². The summed E-state index contributed by atoms with van der Waals surface area (Å²) in [5.41, 5.74) is 1.08. The molecule has 0 spiro atoms. The first-order valence-corrected chi connectivity index (χ1v) is 6.86. The predicted molar refractivity (Wildman–Crippen MR) is 74.4 cm³/mol. The third kappa shape index (κ3) is 3.99. The summed E-state index contributed by atoms with van der Waals surface area (Å²) in [7, 11) is 1.60. The Labute approximate surface area is 115 Å². The number of phenolic OH excluding ortho intramolecular Hbond substituents is 1. The summed E-state index contributed by atoms with van der Waals surface area (Å²) >= 11 is 3.35. The van der Waals surface area contributed by atoms with Crippen LogP contribution in [0.25, 0.3) is 0 Å². The molecule has 1 amide bonds. The number of hydrogen-bond donors (Lipinski definition) is 2. The normalized spacial score (nSPS) is 12.2. The van der Waals surface area contributed by atoms with Crippen LogP contribution in [-0.4, -0.2) is 36.1 Å². The first-order valence-electron chi connectivity index (χ1n) is 5.74. The number of benzene rings is 1. The van der Waals surface area contributed by atoms with Gasteiger partial charge < -0.3 is 15.2 Å². The van der Waals surface area contributed by atoms with Crippen LogP contribution in [0.3, 0.4) is 0 Å². The van der Waals surface area contributed by atoms with E-state index in [1.165, 1.54) is 0 Å². The number of nitrogens with one attached hydrogen (secondary N) is 1. The van der Waals surface area contributed by atoms with Crippen molar-refractivity contribution in [3.05, 3.63) is 29.3 Å². The maximum Gasteiger partial charge on any atom is 0.251 e. The van der Waals surface area contributed by atoms with Gasteiger partial charge in [-0.15, -0.1) is 0 Å². The third-order valence-corrected chi connectivity index (χ3v) is 3.17. The number of halogens is 1. The first-order chi connectivity index (χ1) is 8.60. The maximum atomic E-state index is 12.1. The van der Waals surface area contributed by atoms with Crippen molar-refractivity contribution in [1.82, 2.24) is 5.32 Å². The van der Waals surface area contributed by atoms with E-state index >= 15 is 0 Å². The van der Waals surface area contributed by atoms with E-state index in [9.17, 15) is 9.90 Å². The van der Waals surface area contributed by atoms with E-state index in [1.807, 2.05) is 0 Å². The number of amides is 1. The minimum Gasteiger partial charge on any atom is -0.508 e. The molecular formula is C13H18BrNO3. The largest absolute Gasteiger partial charge is 0.508 e. The van der Waals surface area contributed by atoms with Crippen LogP contribution in [0, 0.1) is 6.92 Å². The first kappa shape index (κ1) is 15.0. The van der Waals surface area contributed by atoms with Gasteiger partial charge in [0.25, 0.3) is 5.91 Å². The molecule has 0 aromatic heterocycles. The SMILES string of the molecule is COCC(CCBr)NC(=O)c1cccc(O)c1C. The highest BCUT2D eigenvalue weighted by atomic mass is 79.9. The Morgan fingerprint density at radius 1 is 1.56 bits per heavy atom. The van der Waals surface area contributed by atoms with Crippen LogP contribution in [0.15, 0.2) is 18.2 Å². The van der Waals surface area contributed by atoms with Crippen LogP contribution in [0.1, 0.15) is 22.3 Å². The van der Waals surface area contributed by atoms with E-state index in [4.69, 9.17) is 4.74 Å². The molecule has 0 radical (unpaired) electrons. The van der Waals surface area contributed by atoms with Crippen molar-refractivity contribution >= 4 is 21.8 Å². The fourth-order valence-corrected chi connectivity index (χ4v) is 2.22. The lowest BCUT2D eigenvalue weighted by atomic mass is 10.1. The van der Waals surface area contributed by atoms with E-state index in [1.54, 1.807) is 32.2 Å². The summed E-state index contributed by atoms with van der Waals surface area (Å²) in [6.45, 7) is 2.19. The van der Waals surface area contributed by atoms with Gasteiger partial charge in [0, 0.05) is 23.6 Å². The number of methoxy groups -OCH3 is 1. The third-order valence-electron chi connectivity index (χ3n) is 2.71. The highest BCUT2D eigenvalue weighted by Crippen LogP contribution is 2.19. The molecule has 1 rings (SSSR count). The molecule has 5 heteroatoms. The Balaban J connectivity index is 2.77. The van der Waals surface area contributed by atoms with Crippen LogP contribution in [-0.2, 0) is 4.74 Å². The summed E-state index contributed by atoms with van der Waals surface area (Å²) in [5, 5.41) is 13.3. The molecule has 0 aliphatic rings. The summed E-state index contributed by atoms with van der Waals surface area (Å²) in [6, 6.07) is 4.88. The summed E-state index contributed by atoms with van der Waals surface area (Å²) in [6.07, 6.45) is 0.789. The number of alkyl halides is 1. The van der Waals surface area contributed by atoms with Crippen molar-refractivity contribution in [2.24, 2.45) is 0 Å². The molecule has 0 saturated heterocycles. The number of hydrogen-bond acceptors (Lipinski definition) is 3. The summed E-state index contributed by atoms with van der Waals surface area (Å²) in [5.74, 6) is -0.0576. The van der Waals surface area contributed by atoms with Crippen LogP contribution in [0.4, 0.5) is 0 Å². The molecule has 100 valence electrons. The lowest BCUT2D eigenvalue weighted by Gasteiger charge is -2.17. The quantitative estimate of drug-likeness (QED) is 0.791. The van der Waals surface area contributed by atoms with Gasteiger partial charge in [-0.25, -0.2) is 0 Å². The molecule has 2 N–H and O–H groups in total. The van der Waals surface area contributed by atoms with Crippen molar-refractivity contribution in [2.45, 2.75) is 19.4 Å². The van der Waals surface area contributed by atoms with Gasteiger partial charge in [-0.2, -0.15) is 0 Å². The zero-order chi connectivity index (χ0) is 13.5. The molecule has 4 nitrogen and oxygen atoms in total. The average molecular weight is 316 g/mol. The molecule has 18 heavy (non-hydrogen) atoms. The molecule has 0 aliphatic heterocycles. The minimum atomic E-state index is -0.189. The van der Waals surface area contributed by atoms with Crippen molar-refractivity contribution in [1.29, 1.82) is 0 Å². The van der Waals surface area contributed by atoms with Gasteiger partial charge in [-0.3, -0.25) is 4.79 Å². The Morgan fingerprint density at radius 2 is 2.28 bits per heavy atom. The number of phenols is 1. The van der Waals surface area contributed by atoms with Gasteiger partial charge in [0.15, 0.2) is 0 Å². The molecule has 0 saturated carbocycles.